The maximum Gasteiger partial charge on any atom is 0.305 e. The van der Waals surface area contributed by atoms with Gasteiger partial charge in [0.1, 0.15) is 11.6 Å². The predicted octanol–water partition coefficient (Wildman–Crippen LogP) is 2.25. The molecule has 2 heterocycles. The van der Waals surface area contributed by atoms with Gasteiger partial charge < -0.3 is 9.67 Å². The van der Waals surface area contributed by atoms with Gasteiger partial charge in [-0.25, -0.2) is 9.37 Å². The molecular weight excluding hydrogens is 273 g/mol. The van der Waals surface area contributed by atoms with Crippen molar-refractivity contribution in [2.75, 3.05) is 13.1 Å². The third-order valence-corrected chi connectivity index (χ3v) is 3.90. The molecule has 5 nitrogen and oxygen atoms in total. The SMILES string of the molecule is O=C(O)CCn1c(CN2CCCC2)nc2cc(F)ccc21. The molecular formula is C15H18FN3O2. The molecule has 1 N–H and O–H groups in total. The van der Waals surface area contributed by atoms with Crippen LogP contribution in [0.5, 0.6) is 0 Å². The average molecular weight is 291 g/mol. The Morgan fingerprint density at radius 1 is 1.33 bits per heavy atom. The normalized spacial score (nSPS) is 15.9. The highest BCUT2D eigenvalue weighted by Gasteiger charge is 2.18. The van der Waals surface area contributed by atoms with E-state index in [1.54, 1.807) is 6.07 Å². The van der Waals surface area contributed by atoms with E-state index < -0.39 is 5.97 Å². The van der Waals surface area contributed by atoms with Gasteiger partial charge in [0.15, 0.2) is 0 Å². The van der Waals surface area contributed by atoms with Crippen LogP contribution in [0, 0.1) is 5.82 Å². The van der Waals surface area contributed by atoms with Gasteiger partial charge in [-0.3, -0.25) is 9.69 Å². The molecule has 0 spiro atoms. The molecule has 6 heteroatoms. The Labute approximate surface area is 122 Å². The van der Waals surface area contributed by atoms with Crippen molar-refractivity contribution in [3.05, 3.63) is 29.8 Å². The number of hydrogen-bond donors (Lipinski definition) is 1. The number of rotatable bonds is 5. The molecule has 1 fully saturated rings. The summed E-state index contributed by atoms with van der Waals surface area (Å²) in [6.45, 7) is 3.13. The van der Waals surface area contributed by atoms with Crippen LogP contribution in [0.15, 0.2) is 18.2 Å². The number of nitrogens with zero attached hydrogens (tertiary/aromatic N) is 3. The zero-order chi connectivity index (χ0) is 14.8. The number of benzene rings is 1. The highest BCUT2D eigenvalue weighted by atomic mass is 19.1. The summed E-state index contributed by atoms with van der Waals surface area (Å²) in [5, 5.41) is 8.90. The predicted molar refractivity (Wildman–Crippen MR) is 76.5 cm³/mol. The fourth-order valence-electron chi connectivity index (χ4n) is 2.87. The van der Waals surface area contributed by atoms with Crippen LogP contribution < -0.4 is 0 Å². The minimum absolute atomic E-state index is 0.0375. The van der Waals surface area contributed by atoms with Gasteiger partial charge in [0.05, 0.1) is 24.0 Å². The number of carboxylic acids is 1. The van der Waals surface area contributed by atoms with Gasteiger partial charge in [-0.1, -0.05) is 0 Å². The van der Waals surface area contributed by atoms with Gasteiger partial charge in [0, 0.05) is 12.6 Å². The van der Waals surface area contributed by atoms with Crippen LogP contribution in [-0.4, -0.2) is 38.6 Å². The number of carbonyl (C=O) groups is 1. The molecule has 3 rings (SSSR count). The first-order valence-corrected chi connectivity index (χ1v) is 7.22. The molecule has 21 heavy (non-hydrogen) atoms. The second kappa shape index (κ2) is 5.81. The van der Waals surface area contributed by atoms with Crippen molar-refractivity contribution in [3.63, 3.8) is 0 Å². The van der Waals surface area contributed by atoms with Crippen molar-refractivity contribution in [2.24, 2.45) is 0 Å². The van der Waals surface area contributed by atoms with E-state index in [9.17, 15) is 9.18 Å². The fourth-order valence-corrected chi connectivity index (χ4v) is 2.87. The smallest absolute Gasteiger partial charge is 0.305 e. The summed E-state index contributed by atoms with van der Waals surface area (Å²) in [4.78, 5) is 17.6. The number of aliphatic carboxylic acids is 1. The molecule has 0 bridgehead atoms. The minimum atomic E-state index is -0.842. The number of aryl methyl sites for hydroxylation is 1. The van der Waals surface area contributed by atoms with Gasteiger partial charge in [0.2, 0.25) is 0 Å². The van der Waals surface area contributed by atoms with E-state index in [4.69, 9.17) is 5.11 Å². The maximum atomic E-state index is 13.3. The molecule has 0 aliphatic carbocycles. The van der Waals surface area contributed by atoms with Gasteiger partial charge >= 0.3 is 5.97 Å². The molecule has 112 valence electrons. The summed E-state index contributed by atoms with van der Waals surface area (Å²) in [7, 11) is 0. The van der Waals surface area contributed by atoms with E-state index in [2.05, 4.69) is 9.88 Å². The molecule has 1 aliphatic heterocycles. The van der Waals surface area contributed by atoms with Crippen LogP contribution in [0.25, 0.3) is 11.0 Å². The van der Waals surface area contributed by atoms with E-state index in [-0.39, 0.29) is 12.2 Å². The molecule has 1 saturated heterocycles. The first-order chi connectivity index (χ1) is 10.1. The molecule has 1 aliphatic rings. The van der Waals surface area contributed by atoms with Crippen LogP contribution in [0.2, 0.25) is 0 Å². The highest BCUT2D eigenvalue weighted by molar-refractivity contribution is 5.76. The Kier molecular flexibility index (Phi) is 3.88. The first kappa shape index (κ1) is 14.0. The summed E-state index contributed by atoms with van der Waals surface area (Å²) in [5.41, 5.74) is 1.39. The summed E-state index contributed by atoms with van der Waals surface area (Å²) in [6.07, 6.45) is 2.41. The molecule has 1 aromatic heterocycles. The number of hydrogen-bond acceptors (Lipinski definition) is 3. The van der Waals surface area contributed by atoms with E-state index in [1.807, 2.05) is 4.57 Å². The lowest BCUT2D eigenvalue weighted by atomic mass is 10.3. The van der Waals surface area contributed by atoms with Crippen LogP contribution in [0.1, 0.15) is 25.1 Å². The summed E-state index contributed by atoms with van der Waals surface area (Å²) in [6, 6.07) is 4.47. The standard InChI is InChI=1S/C15H18FN3O2/c16-11-3-4-13-12(9-11)17-14(10-18-6-1-2-7-18)19(13)8-5-15(20)21/h3-4,9H,1-2,5-8,10H2,(H,20,21). The second-order valence-electron chi connectivity index (χ2n) is 5.44. The molecule has 0 unspecified atom stereocenters. The molecule has 0 radical (unpaired) electrons. The monoisotopic (exact) mass is 291 g/mol. The van der Waals surface area contributed by atoms with Crippen LogP contribution >= 0.6 is 0 Å². The maximum absolute atomic E-state index is 13.3. The lowest BCUT2D eigenvalue weighted by molar-refractivity contribution is -0.137. The van der Waals surface area contributed by atoms with Gasteiger partial charge in [-0.2, -0.15) is 0 Å². The van der Waals surface area contributed by atoms with E-state index in [0.717, 1.165) is 24.4 Å². The molecule has 2 aromatic rings. The Balaban J connectivity index is 1.94. The zero-order valence-corrected chi connectivity index (χ0v) is 11.8. The van der Waals surface area contributed by atoms with Gasteiger partial charge in [-0.15, -0.1) is 0 Å². The minimum Gasteiger partial charge on any atom is -0.481 e. The largest absolute Gasteiger partial charge is 0.481 e. The van der Waals surface area contributed by atoms with E-state index in [1.165, 1.54) is 25.0 Å². The zero-order valence-electron chi connectivity index (χ0n) is 11.8. The van der Waals surface area contributed by atoms with Crippen LogP contribution in [-0.2, 0) is 17.9 Å². The molecule has 0 saturated carbocycles. The van der Waals surface area contributed by atoms with Gasteiger partial charge in [-0.05, 0) is 38.1 Å². The van der Waals surface area contributed by atoms with Crippen molar-refractivity contribution in [3.8, 4) is 0 Å². The first-order valence-electron chi connectivity index (χ1n) is 7.22. The van der Waals surface area contributed by atoms with Crippen molar-refractivity contribution < 1.29 is 14.3 Å². The fraction of sp³-hybridized carbons (Fsp3) is 0.467. The van der Waals surface area contributed by atoms with Crippen molar-refractivity contribution >= 4 is 17.0 Å². The number of imidazole rings is 1. The Bertz CT molecular complexity index is 662. The van der Waals surface area contributed by atoms with Crippen LogP contribution in [0.3, 0.4) is 0 Å². The Morgan fingerprint density at radius 2 is 2.10 bits per heavy atom. The van der Waals surface area contributed by atoms with E-state index in [0.29, 0.717) is 18.6 Å². The lowest BCUT2D eigenvalue weighted by Crippen LogP contribution is -2.21. The third-order valence-electron chi connectivity index (χ3n) is 3.90. The Morgan fingerprint density at radius 3 is 2.81 bits per heavy atom. The topological polar surface area (TPSA) is 58.4 Å². The number of carboxylic acid groups (broad SMARTS) is 1. The third kappa shape index (κ3) is 3.05. The second-order valence-corrected chi connectivity index (χ2v) is 5.44. The number of aromatic nitrogens is 2. The quantitative estimate of drug-likeness (QED) is 0.918. The Hall–Kier alpha value is -1.95. The number of likely N-dealkylation sites (tertiary alicyclic amines) is 1. The summed E-state index contributed by atoms with van der Waals surface area (Å²) < 4.78 is 15.2. The van der Waals surface area contributed by atoms with Gasteiger partial charge in [0.25, 0.3) is 0 Å². The molecule has 0 atom stereocenters. The molecule has 0 amide bonds. The lowest BCUT2D eigenvalue weighted by Gasteiger charge is -2.15. The van der Waals surface area contributed by atoms with Crippen LogP contribution in [0.4, 0.5) is 4.39 Å². The molecule has 1 aromatic carbocycles. The summed E-state index contributed by atoms with van der Waals surface area (Å²) >= 11 is 0. The van der Waals surface area contributed by atoms with E-state index >= 15 is 0 Å². The number of fused-ring (bicyclic) bond motifs is 1. The van der Waals surface area contributed by atoms with Crippen molar-refractivity contribution in [2.45, 2.75) is 32.4 Å². The average Bonchev–Trinajstić information content (AvgIpc) is 3.04. The van der Waals surface area contributed by atoms with Crippen molar-refractivity contribution in [1.82, 2.24) is 14.5 Å². The van der Waals surface area contributed by atoms with Crippen molar-refractivity contribution in [1.29, 1.82) is 0 Å². The number of halogens is 1. The summed E-state index contributed by atoms with van der Waals surface area (Å²) in [5.74, 6) is -0.344. The highest BCUT2D eigenvalue weighted by Crippen LogP contribution is 2.20.